The van der Waals surface area contributed by atoms with Crippen LogP contribution in [0.5, 0.6) is 0 Å². The van der Waals surface area contributed by atoms with E-state index in [2.05, 4.69) is 0 Å². The van der Waals surface area contributed by atoms with Crippen LogP contribution in [0.2, 0.25) is 0 Å². The van der Waals surface area contributed by atoms with Gasteiger partial charge in [0.05, 0.1) is 5.41 Å². The SMILES string of the molecule is CC(C)(CC(=O)N1CCC(CN)C1)C(=O)O. The molecule has 1 saturated heterocycles. The Balaban J connectivity index is 2.51. The molecule has 0 aromatic carbocycles. The Hall–Kier alpha value is -1.10. The third kappa shape index (κ3) is 2.95. The molecule has 0 aliphatic carbocycles. The molecule has 1 heterocycles. The molecule has 0 spiro atoms. The maximum Gasteiger partial charge on any atom is 0.309 e. The van der Waals surface area contributed by atoms with Gasteiger partial charge in [0.15, 0.2) is 0 Å². The van der Waals surface area contributed by atoms with E-state index in [1.807, 2.05) is 0 Å². The minimum absolute atomic E-state index is 0.0552. The van der Waals surface area contributed by atoms with Crippen LogP contribution in [0.3, 0.4) is 0 Å². The number of hydrogen-bond donors (Lipinski definition) is 2. The maximum atomic E-state index is 11.8. The highest BCUT2D eigenvalue weighted by atomic mass is 16.4. The van der Waals surface area contributed by atoms with Crippen LogP contribution in [-0.4, -0.2) is 41.5 Å². The Kier molecular flexibility index (Phi) is 3.91. The fourth-order valence-electron chi connectivity index (χ4n) is 1.82. The van der Waals surface area contributed by atoms with Crippen LogP contribution in [0.4, 0.5) is 0 Å². The third-order valence-corrected chi connectivity index (χ3v) is 3.14. The van der Waals surface area contributed by atoms with Crippen molar-refractivity contribution < 1.29 is 14.7 Å². The molecule has 92 valence electrons. The van der Waals surface area contributed by atoms with E-state index in [0.717, 1.165) is 6.42 Å². The molecule has 1 atom stereocenters. The number of carbonyl (C=O) groups is 2. The van der Waals surface area contributed by atoms with Crippen molar-refractivity contribution in [3.8, 4) is 0 Å². The lowest BCUT2D eigenvalue weighted by Gasteiger charge is -2.23. The number of nitrogens with two attached hydrogens (primary N) is 1. The lowest BCUT2D eigenvalue weighted by Crippen LogP contribution is -2.36. The first kappa shape index (κ1) is 13.0. The summed E-state index contributed by atoms with van der Waals surface area (Å²) in [5, 5.41) is 8.94. The number of hydrogen-bond acceptors (Lipinski definition) is 3. The van der Waals surface area contributed by atoms with Crippen molar-refractivity contribution in [3.05, 3.63) is 0 Å². The van der Waals surface area contributed by atoms with Crippen LogP contribution >= 0.6 is 0 Å². The number of rotatable bonds is 4. The van der Waals surface area contributed by atoms with Gasteiger partial charge in [-0.15, -0.1) is 0 Å². The Labute approximate surface area is 95.6 Å². The van der Waals surface area contributed by atoms with E-state index >= 15 is 0 Å². The minimum atomic E-state index is -0.988. The first-order valence-electron chi connectivity index (χ1n) is 5.58. The zero-order chi connectivity index (χ0) is 12.3. The summed E-state index contributed by atoms with van der Waals surface area (Å²) < 4.78 is 0. The number of carboxylic acid groups (broad SMARTS) is 1. The van der Waals surface area contributed by atoms with Gasteiger partial charge in [0.25, 0.3) is 0 Å². The standard InChI is InChI=1S/C11H20N2O3/c1-11(2,10(15)16)5-9(14)13-4-3-8(6-12)7-13/h8H,3-7,12H2,1-2H3,(H,15,16). The van der Waals surface area contributed by atoms with Crippen molar-refractivity contribution in [2.75, 3.05) is 19.6 Å². The van der Waals surface area contributed by atoms with Crippen LogP contribution < -0.4 is 5.73 Å². The van der Waals surface area contributed by atoms with Crippen molar-refractivity contribution >= 4 is 11.9 Å². The number of amides is 1. The molecule has 16 heavy (non-hydrogen) atoms. The van der Waals surface area contributed by atoms with Gasteiger partial charge in [-0.25, -0.2) is 0 Å². The summed E-state index contributed by atoms with van der Waals surface area (Å²) in [6.45, 7) is 5.11. The molecule has 1 unspecified atom stereocenters. The van der Waals surface area contributed by atoms with E-state index in [1.54, 1.807) is 18.7 Å². The predicted molar refractivity (Wildman–Crippen MR) is 59.8 cm³/mol. The molecule has 1 fully saturated rings. The van der Waals surface area contributed by atoms with Crippen molar-refractivity contribution in [1.82, 2.24) is 4.90 Å². The quantitative estimate of drug-likeness (QED) is 0.724. The van der Waals surface area contributed by atoms with Gasteiger partial charge in [-0.05, 0) is 32.7 Å². The fourth-order valence-corrected chi connectivity index (χ4v) is 1.82. The van der Waals surface area contributed by atoms with Gasteiger partial charge >= 0.3 is 5.97 Å². The zero-order valence-corrected chi connectivity index (χ0v) is 9.90. The highest BCUT2D eigenvalue weighted by Gasteiger charge is 2.34. The number of carbonyl (C=O) groups excluding carboxylic acids is 1. The number of aliphatic carboxylic acids is 1. The van der Waals surface area contributed by atoms with E-state index in [1.165, 1.54) is 0 Å². The molecule has 5 nitrogen and oxygen atoms in total. The van der Waals surface area contributed by atoms with Crippen molar-refractivity contribution in [2.24, 2.45) is 17.1 Å². The van der Waals surface area contributed by atoms with E-state index in [9.17, 15) is 9.59 Å². The van der Waals surface area contributed by atoms with Gasteiger partial charge in [0.1, 0.15) is 0 Å². The zero-order valence-electron chi connectivity index (χ0n) is 9.90. The Bertz CT molecular complexity index is 289. The molecule has 1 amide bonds. The highest BCUT2D eigenvalue weighted by Crippen LogP contribution is 2.24. The average Bonchev–Trinajstić information content (AvgIpc) is 2.64. The second-order valence-electron chi connectivity index (χ2n) is 5.10. The molecule has 0 aromatic rings. The van der Waals surface area contributed by atoms with Crippen LogP contribution in [-0.2, 0) is 9.59 Å². The van der Waals surface area contributed by atoms with E-state index in [0.29, 0.717) is 25.6 Å². The third-order valence-electron chi connectivity index (χ3n) is 3.14. The van der Waals surface area contributed by atoms with Gasteiger partial charge in [-0.3, -0.25) is 9.59 Å². The maximum absolute atomic E-state index is 11.8. The molecule has 3 N–H and O–H groups in total. The lowest BCUT2D eigenvalue weighted by atomic mass is 9.89. The first-order chi connectivity index (χ1) is 7.36. The summed E-state index contributed by atoms with van der Waals surface area (Å²) in [6.07, 6.45) is 0.982. The van der Waals surface area contributed by atoms with Crippen molar-refractivity contribution in [1.29, 1.82) is 0 Å². The van der Waals surface area contributed by atoms with Gasteiger partial charge in [0.2, 0.25) is 5.91 Å². The molecule has 0 aromatic heterocycles. The number of carboxylic acids is 1. The molecule has 1 rings (SSSR count). The van der Waals surface area contributed by atoms with Crippen LogP contribution in [0.15, 0.2) is 0 Å². The van der Waals surface area contributed by atoms with Crippen molar-refractivity contribution in [2.45, 2.75) is 26.7 Å². The predicted octanol–water partition coefficient (Wildman–Crippen LogP) is 0.295. The monoisotopic (exact) mass is 228 g/mol. The summed E-state index contributed by atoms with van der Waals surface area (Å²) in [7, 11) is 0. The normalized spacial score (nSPS) is 21.2. The van der Waals surface area contributed by atoms with E-state index in [-0.39, 0.29) is 12.3 Å². The largest absolute Gasteiger partial charge is 0.481 e. The van der Waals surface area contributed by atoms with E-state index in [4.69, 9.17) is 10.8 Å². The highest BCUT2D eigenvalue weighted by molar-refractivity contribution is 5.84. The second kappa shape index (κ2) is 4.82. The topological polar surface area (TPSA) is 83.6 Å². The van der Waals surface area contributed by atoms with Crippen LogP contribution in [0, 0.1) is 11.3 Å². The minimum Gasteiger partial charge on any atom is -0.481 e. The summed E-state index contributed by atoms with van der Waals surface area (Å²) in [4.78, 5) is 24.5. The smallest absolute Gasteiger partial charge is 0.309 e. The first-order valence-corrected chi connectivity index (χ1v) is 5.58. The average molecular weight is 228 g/mol. The molecule has 0 saturated carbocycles. The molecule has 0 bridgehead atoms. The molecule has 5 heteroatoms. The molecule has 1 aliphatic rings. The van der Waals surface area contributed by atoms with E-state index < -0.39 is 11.4 Å². The Morgan fingerprint density at radius 3 is 2.56 bits per heavy atom. The van der Waals surface area contributed by atoms with Gasteiger partial charge < -0.3 is 15.7 Å². The Morgan fingerprint density at radius 2 is 2.12 bits per heavy atom. The molecule has 1 aliphatic heterocycles. The van der Waals surface area contributed by atoms with Gasteiger partial charge in [-0.1, -0.05) is 0 Å². The fraction of sp³-hybridized carbons (Fsp3) is 0.818. The summed E-state index contributed by atoms with van der Waals surface area (Å²) in [5.41, 5.74) is 4.55. The van der Waals surface area contributed by atoms with Crippen molar-refractivity contribution in [3.63, 3.8) is 0 Å². The van der Waals surface area contributed by atoms with Crippen LogP contribution in [0.25, 0.3) is 0 Å². The van der Waals surface area contributed by atoms with Gasteiger partial charge in [0, 0.05) is 19.5 Å². The molecule has 0 radical (unpaired) electrons. The lowest BCUT2D eigenvalue weighted by molar-refractivity contribution is -0.151. The van der Waals surface area contributed by atoms with Crippen LogP contribution in [0.1, 0.15) is 26.7 Å². The Morgan fingerprint density at radius 1 is 1.50 bits per heavy atom. The molecular weight excluding hydrogens is 208 g/mol. The number of likely N-dealkylation sites (tertiary alicyclic amines) is 1. The summed E-state index contributed by atoms with van der Waals surface area (Å²) in [6, 6.07) is 0. The summed E-state index contributed by atoms with van der Waals surface area (Å²) in [5.74, 6) is -0.643. The summed E-state index contributed by atoms with van der Waals surface area (Å²) >= 11 is 0. The van der Waals surface area contributed by atoms with Gasteiger partial charge in [-0.2, -0.15) is 0 Å². The number of nitrogens with zero attached hydrogens (tertiary/aromatic N) is 1. The molecular formula is C11H20N2O3. The second-order valence-corrected chi connectivity index (χ2v) is 5.10.